The molecule has 1 aliphatic carbocycles. The van der Waals surface area contributed by atoms with Crippen molar-refractivity contribution in [1.29, 1.82) is 0 Å². The van der Waals surface area contributed by atoms with Crippen LogP contribution in [0.4, 0.5) is 0 Å². The molecule has 1 aliphatic rings. The first-order valence-electron chi connectivity index (χ1n) is 17.4. The van der Waals surface area contributed by atoms with E-state index in [0.29, 0.717) is 0 Å². The maximum Gasteiger partial charge on any atom is 0.0978 e. The Balaban J connectivity index is 1.15. The fourth-order valence-corrected chi connectivity index (χ4v) is 8.61. The van der Waals surface area contributed by atoms with Gasteiger partial charge in [0.25, 0.3) is 0 Å². The van der Waals surface area contributed by atoms with Gasteiger partial charge in [0.1, 0.15) is 0 Å². The van der Waals surface area contributed by atoms with Gasteiger partial charge in [-0.25, -0.2) is 0 Å². The summed E-state index contributed by atoms with van der Waals surface area (Å²) in [6, 6.07) is 57.5. The van der Waals surface area contributed by atoms with E-state index in [0.717, 1.165) is 27.6 Å². The molecular weight excluding hydrogens is 619 g/mol. The van der Waals surface area contributed by atoms with Crippen LogP contribution in [0, 0.1) is 0 Å². The van der Waals surface area contributed by atoms with Crippen molar-refractivity contribution in [3.63, 3.8) is 0 Å². The zero-order valence-corrected chi connectivity index (χ0v) is 27.6. The van der Waals surface area contributed by atoms with Gasteiger partial charge in [-0.15, -0.1) is 0 Å². The Morgan fingerprint density at radius 3 is 1.71 bits per heavy atom. The van der Waals surface area contributed by atoms with Gasteiger partial charge in [0.15, 0.2) is 0 Å². The zero-order valence-electron chi connectivity index (χ0n) is 27.6. The Morgan fingerprint density at radius 1 is 0.373 bits per heavy atom. The van der Waals surface area contributed by atoms with Crippen LogP contribution in [-0.4, -0.2) is 14.5 Å². The quantitative estimate of drug-likeness (QED) is 0.190. The molecule has 0 atom stereocenters. The maximum atomic E-state index is 4.70. The lowest BCUT2D eigenvalue weighted by molar-refractivity contribution is 1.17. The Kier molecular flexibility index (Phi) is 5.96. The lowest BCUT2D eigenvalue weighted by atomic mass is 9.82. The highest BCUT2D eigenvalue weighted by Gasteiger charge is 2.31. The molecule has 3 heterocycles. The molecule has 11 rings (SSSR count). The van der Waals surface area contributed by atoms with Crippen LogP contribution in [0.5, 0.6) is 0 Å². The molecule has 236 valence electrons. The van der Waals surface area contributed by atoms with E-state index < -0.39 is 0 Å². The van der Waals surface area contributed by atoms with E-state index >= 15 is 0 Å². The summed E-state index contributed by atoms with van der Waals surface area (Å²) < 4.78 is 2.29. The summed E-state index contributed by atoms with van der Waals surface area (Å²) in [6.07, 6.45) is 5.62. The minimum absolute atomic E-state index is 0.967. The second-order valence-electron chi connectivity index (χ2n) is 13.3. The smallest absolute Gasteiger partial charge is 0.0978 e. The monoisotopic (exact) mass is 647 g/mol. The normalized spacial score (nSPS) is 11.9. The second kappa shape index (κ2) is 10.8. The molecule has 51 heavy (non-hydrogen) atoms. The highest BCUT2D eigenvalue weighted by atomic mass is 15.0. The summed E-state index contributed by atoms with van der Waals surface area (Å²) in [5, 5.41) is 6.19. The van der Waals surface area contributed by atoms with Crippen LogP contribution in [0.1, 0.15) is 0 Å². The molecule has 3 heteroatoms. The predicted octanol–water partition coefficient (Wildman–Crippen LogP) is 12.5. The zero-order chi connectivity index (χ0) is 33.5. The highest BCUT2D eigenvalue weighted by molar-refractivity contribution is 6.28. The number of fused-ring (bicyclic) bond motifs is 7. The van der Waals surface area contributed by atoms with E-state index in [4.69, 9.17) is 4.98 Å². The molecule has 0 radical (unpaired) electrons. The van der Waals surface area contributed by atoms with Gasteiger partial charge < -0.3 is 4.57 Å². The van der Waals surface area contributed by atoms with Crippen molar-refractivity contribution in [1.82, 2.24) is 14.5 Å². The molecule has 0 aliphatic heterocycles. The Hall–Kier alpha value is -6.84. The molecule has 0 saturated carbocycles. The largest absolute Gasteiger partial charge is 0.308 e. The van der Waals surface area contributed by atoms with Crippen molar-refractivity contribution in [2.24, 2.45) is 0 Å². The molecular formula is C48H29N3. The van der Waals surface area contributed by atoms with Crippen LogP contribution >= 0.6 is 0 Å². The molecule has 0 N–H and O–H groups in total. The lowest BCUT2D eigenvalue weighted by Gasteiger charge is -2.20. The van der Waals surface area contributed by atoms with E-state index in [1.165, 1.54) is 77.2 Å². The standard InChI is InChI=1S/C48H29N3/c1-3-11-31(12-4-1)43-36-15-7-8-16-37(36)44(32-13-5-2-6-14-32)47-39-25-24-34(35-17-9-18-38(45(35)39)46(43)47)30-20-22-33(23-21-30)51-41-26-28-49-29-40(41)48-42(51)19-10-27-50-48/h1-29H. The summed E-state index contributed by atoms with van der Waals surface area (Å²) >= 11 is 0. The molecule has 10 aromatic rings. The van der Waals surface area contributed by atoms with Crippen molar-refractivity contribution in [2.75, 3.05) is 0 Å². The molecule has 0 saturated heterocycles. The predicted molar refractivity (Wildman–Crippen MR) is 212 cm³/mol. The van der Waals surface area contributed by atoms with Gasteiger partial charge in [-0.2, -0.15) is 0 Å². The van der Waals surface area contributed by atoms with Crippen molar-refractivity contribution >= 4 is 43.5 Å². The van der Waals surface area contributed by atoms with Gasteiger partial charge in [0, 0.05) is 29.7 Å². The average Bonchev–Trinajstić information content (AvgIpc) is 3.72. The summed E-state index contributed by atoms with van der Waals surface area (Å²) in [6.45, 7) is 0. The summed E-state index contributed by atoms with van der Waals surface area (Å²) in [7, 11) is 0. The number of nitrogens with zero attached hydrogens (tertiary/aromatic N) is 3. The van der Waals surface area contributed by atoms with E-state index in [1.807, 2.05) is 24.7 Å². The fraction of sp³-hybridized carbons (Fsp3) is 0. The van der Waals surface area contributed by atoms with Gasteiger partial charge in [0.05, 0.1) is 16.6 Å². The highest BCUT2D eigenvalue weighted by Crippen LogP contribution is 2.58. The van der Waals surface area contributed by atoms with Gasteiger partial charge in [0.2, 0.25) is 0 Å². The van der Waals surface area contributed by atoms with Gasteiger partial charge in [-0.1, -0.05) is 127 Å². The topological polar surface area (TPSA) is 30.7 Å². The molecule has 3 nitrogen and oxygen atoms in total. The van der Waals surface area contributed by atoms with Crippen LogP contribution in [0.3, 0.4) is 0 Å². The van der Waals surface area contributed by atoms with Crippen molar-refractivity contribution in [3.05, 3.63) is 176 Å². The number of rotatable bonds is 4. The van der Waals surface area contributed by atoms with E-state index in [-0.39, 0.29) is 0 Å². The summed E-state index contributed by atoms with van der Waals surface area (Å²) in [5.41, 5.74) is 17.0. The van der Waals surface area contributed by atoms with Crippen LogP contribution in [0.25, 0.3) is 105 Å². The third-order valence-corrected chi connectivity index (χ3v) is 10.7. The number of hydrogen-bond acceptors (Lipinski definition) is 2. The molecule has 0 amide bonds. The minimum Gasteiger partial charge on any atom is -0.308 e. The Morgan fingerprint density at radius 2 is 1.00 bits per heavy atom. The van der Waals surface area contributed by atoms with Crippen molar-refractivity contribution in [2.45, 2.75) is 0 Å². The molecule has 0 bridgehead atoms. The number of hydrogen-bond donors (Lipinski definition) is 0. The summed E-state index contributed by atoms with van der Waals surface area (Å²) in [5.74, 6) is 0. The molecule has 0 fully saturated rings. The first kappa shape index (κ1) is 28.0. The first-order chi connectivity index (χ1) is 25.3. The van der Waals surface area contributed by atoms with Crippen LogP contribution in [0.15, 0.2) is 176 Å². The Bertz CT molecular complexity index is 2850. The molecule has 0 unspecified atom stereocenters. The van der Waals surface area contributed by atoms with E-state index in [2.05, 4.69) is 161 Å². The van der Waals surface area contributed by atoms with Crippen molar-refractivity contribution in [3.8, 4) is 61.3 Å². The van der Waals surface area contributed by atoms with Crippen LogP contribution in [0.2, 0.25) is 0 Å². The summed E-state index contributed by atoms with van der Waals surface area (Å²) in [4.78, 5) is 9.10. The molecule has 0 spiro atoms. The van der Waals surface area contributed by atoms with Crippen LogP contribution in [-0.2, 0) is 0 Å². The maximum absolute atomic E-state index is 4.70. The average molecular weight is 648 g/mol. The van der Waals surface area contributed by atoms with Gasteiger partial charge >= 0.3 is 0 Å². The van der Waals surface area contributed by atoms with Gasteiger partial charge in [-0.3, -0.25) is 9.97 Å². The fourth-order valence-electron chi connectivity index (χ4n) is 8.61. The molecule has 3 aromatic heterocycles. The van der Waals surface area contributed by atoms with Gasteiger partial charge in [-0.05, 0) is 108 Å². The van der Waals surface area contributed by atoms with Crippen molar-refractivity contribution < 1.29 is 0 Å². The minimum atomic E-state index is 0.967. The van der Waals surface area contributed by atoms with E-state index in [1.54, 1.807) is 0 Å². The number of benzene rings is 7. The second-order valence-corrected chi connectivity index (χ2v) is 13.3. The third-order valence-electron chi connectivity index (χ3n) is 10.7. The number of pyridine rings is 2. The Labute approximate surface area is 294 Å². The number of aromatic nitrogens is 3. The lowest BCUT2D eigenvalue weighted by Crippen LogP contribution is -1.94. The third kappa shape index (κ3) is 4.00. The SMILES string of the molecule is c1ccc(-c2c3c(c(-c4ccccc4)c4ccccc24)-c2ccc(-c4ccc(-n5c6ccncc6c6ncccc65)cc4)c4cccc-3c24)cc1. The van der Waals surface area contributed by atoms with E-state index in [9.17, 15) is 0 Å². The van der Waals surface area contributed by atoms with Crippen LogP contribution < -0.4 is 0 Å². The molecule has 7 aromatic carbocycles. The first-order valence-corrected chi connectivity index (χ1v) is 17.4.